The molecule has 1 heterocycles. The predicted molar refractivity (Wildman–Crippen MR) is 87.8 cm³/mol. The second-order valence-corrected chi connectivity index (χ2v) is 7.66. The Labute approximate surface area is 145 Å². The van der Waals surface area contributed by atoms with Gasteiger partial charge >= 0.3 is 6.18 Å². The molecule has 4 nitrogen and oxygen atoms in total. The zero-order valence-corrected chi connectivity index (χ0v) is 14.9. The van der Waals surface area contributed by atoms with Crippen molar-refractivity contribution < 1.29 is 23.1 Å². The van der Waals surface area contributed by atoms with Gasteiger partial charge in [-0.15, -0.1) is 0 Å². The van der Waals surface area contributed by atoms with Gasteiger partial charge in [0.05, 0.1) is 0 Å². The maximum Gasteiger partial charge on any atom is 0.438 e. The van der Waals surface area contributed by atoms with Crippen molar-refractivity contribution in [3.63, 3.8) is 0 Å². The summed E-state index contributed by atoms with van der Waals surface area (Å²) >= 11 is 2.02. The molecule has 0 saturated heterocycles. The van der Waals surface area contributed by atoms with E-state index in [1.165, 1.54) is 12.1 Å². The minimum atomic E-state index is -5.01. The maximum absolute atomic E-state index is 13.4. The first kappa shape index (κ1) is 18.2. The molecule has 0 bridgehead atoms. The highest BCUT2D eigenvalue weighted by Crippen LogP contribution is 2.43. The van der Waals surface area contributed by atoms with Crippen molar-refractivity contribution in [1.82, 2.24) is 5.01 Å². The SMILES string of the molecule is CC(C)(C)C1=NN(C(=O)c2ccc(I)cc2)[C@](O)(C(F)(F)F)C1. The van der Waals surface area contributed by atoms with Gasteiger partial charge in [-0.3, -0.25) is 4.79 Å². The van der Waals surface area contributed by atoms with E-state index >= 15 is 0 Å². The Morgan fingerprint density at radius 1 is 1.26 bits per heavy atom. The lowest BCUT2D eigenvalue weighted by Gasteiger charge is -2.32. The second-order valence-electron chi connectivity index (χ2n) is 6.41. The number of aliphatic hydroxyl groups is 1. The van der Waals surface area contributed by atoms with E-state index in [0.717, 1.165) is 3.57 Å². The number of hydrazone groups is 1. The molecule has 2 rings (SSSR count). The summed E-state index contributed by atoms with van der Waals surface area (Å²) in [5.74, 6) is -0.986. The third kappa shape index (κ3) is 3.37. The van der Waals surface area contributed by atoms with Crippen LogP contribution in [0.1, 0.15) is 37.6 Å². The average Bonchev–Trinajstić information content (AvgIpc) is 2.78. The third-order valence-electron chi connectivity index (χ3n) is 3.59. The molecule has 1 aliphatic heterocycles. The first-order valence-electron chi connectivity index (χ1n) is 6.83. The minimum absolute atomic E-state index is 0.0343. The number of carbonyl (C=O) groups excluding carboxylic acids is 1. The van der Waals surface area contributed by atoms with Gasteiger partial charge in [-0.05, 0) is 46.9 Å². The molecule has 0 radical (unpaired) electrons. The fourth-order valence-corrected chi connectivity index (χ4v) is 2.47. The smallest absolute Gasteiger partial charge is 0.362 e. The van der Waals surface area contributed by atoms with Crippen LogP contribution < -0.4 is 0 Å². The number of rotatable bonds is 1. The Balaban J connectivity index is 2.48. The Morgan fingerprint density at radius 2 is 1.78 bits per heavy atom. The van der Waals surface area contributed by atoms with Crippen LogP contribution in [0.5, 0.6) is 0 Å². The topological polar surface area (TPSA) is 52.9 Å². The molecule has 1 aliphatic rings. The number of nitrogens with zero attached hydrogens (tertiary/aromatic N) is 2. The normalized spacial score (nSPS) is 22.3. The molecule has 23 heavy (non-hydrogen) atoms. The number of hydrogen-bond donors (Lipinski definition) is 1. The largest absolute Gasteiger partial charge is 0.438 e. The van der Waals surface area contributed by atoms with E-state index in [4.69, 9.17) is 0 Å². The summed E-state index contributed by atoms with van der Waals surface area (Å²) in [4.78, 5) is 12.4. The van der Waals surface area contributed by atoms with Crippen molar-refractivity contribution in [2.45, 2.75) is 39.1 Å². The summed E-state index contributed by atoms with van der Waals surface area (Å²) in [6.07, 6.45) is -5.77. The molecule has 0 saturated carbocycles. The summed E-state index contributed by atoms with van der Waals surface area (Å²) in [7, 11) is 0. The van der Waals surface area contributed by atoms with E-state index in [-0.39, 0.29) is 16.3 Å². The molecule has 0 aliphatic carbocycles. The van der Waals surface area contributed by atoms with E-state index in [0.29, 0.717) is 0 Å². The van der Waals surface area contributed by atoms with Crippen LogP contribution in [0, 0.1) is 8.99 Å². The first-order chi connectivity index (χ1) is 10.4. The Morgan fingerprint density at radius 3 is 2.22 bits per heavy atom. The molecule has 126 valence electrons. The standard InChI is InChI=1S/C15H16F3IN2O2/c1-13(2,3)11-8-14(23,15(16,17)18)21(20-11)12(22)9-4-6-10(19)7-5-9/h4-7,23H,8H2,1-3H3/t14-/m1/s1. The number of hydrogen-bond acceptors (Lipinski definition) is 3. The highest BCUT2D eigenvalue weighted by molar-refractivity contribution is 14.1. The molecule has 8 heteroatoms. The molecule has 0 spiro atoms. The zero-order chi connectivity index (χ0) is 17.6. The lowest BCUT2D eigenvalue weighted by molar-refractivity contribution is -0.297. The Kier molecular flexibility index (Phi) is 4.53. The fourth-order valence-electron chi connectivity index (χ4n) is 2.11. The number of alkyl halides is 3. The molecule has 1 aromatic carbocycles. The monoisotopic (exact) mass is 440 g/mol. The highest BCUT2D eigenvalue weighted by Gasteiger charge is 2.64. The molecule has 0 fully saturated rings. The van der Waals surface area contributed by atoms with Gasteiger partial charge in [-0.2, -0.15) is 23.3 Å². The highest BCUT2D eigenvalue weighted by atomic mass is 127. The van der Waals surface area contributed by atoms with Crippen LogP contribution in [0.25, 0.3) is 0 Å². The molecular weight excluding hydrogens is 424 g/mol. The average molecular weight is 440 g/mol. The van der Waals surface area contributed by atoms with Gasteiger partial charge in [0.15, 0.2) is 0 Å². The van der Waals surface area contributed by atoms with Crippen molar-refractivity contribution in [3.05, 3.63) is 33.4 Å². The van der Waals surface area contributed by atoms with Gasteiger partial charge in [0.1, 0.15) is 0 Å². The number of halogens is 4. The molecule has 0 unspecified atom stereocenters. The van der Waals surface area contributed by atoms with Crippen LogP contribution in [0.4, 0.5) is 13.2 Å². The van der Waals surface area contributed by atoms with Gasteiger partial charge in [0, 0.05) is 26.7 Å². The summed E-state index contributed by atoms with van der Waals surface area (Å²) in [6, 6.07) is 6.02. The van der Waals surface area contributed by atoms with Crippen LogP contribution in [0.15, 0.2) is 29.4 Å². The quantitative estimate of drug-likeness (QED) is 0.676. The van der Waals surface area contributed by atoms with Crippen molar-refractivity contribution >= 4 is 34.2 Å². The van der Waals surface area contributed by atoms with Crippen LogP contribution in [-0.4, -0.2) is 33.6 Å². The number of carbonyl (C=O) groups is 1. The zero-order valence-electron chi connectivity index (χ0n) is 12.8. The molecule has 1 N–H and O–H groups in total. The van der Waals surface area contributed by atoms with Crippen molar-refractivity contribution in [2.24, 2.45) is 10.5 Å². The van der Waals surface area contributed by atoms with Crippen LogP contribution >= 0.6 is 22.6 Å². The Bertz CT molecular complexity index is 650. The number of benzene rings is 1. The van der Waals surface area contributed by atoms with Gasteiger partial charge < -0.3 is 5.11 Å². The van der Waals surface area contributed by atoms with Gasteiger partial charge in [-0.1, -0.05) is 20.8 Å². The van der Waals surface area contributed by atoms with E-state index in [2.05, 4.69) is 5.10 Å². The van der Waals surface area contributed by atoms with Crippen LogP contribution in [-0.2, 0) is 0 Å². The van der Waals surface area contributed by atoms with E-state index in [9.17, 15) is 23.1 Å². The summed E-state index contributed by atoms with van der Waals surface area (Å²) in [5.41, 5.74) is -3.86. The fraction of sp³-hybridized carbons (Fsp3) is 0.467. The number of amides is 1. The van der Waals surface area contributed by atoms with Gasteiger partial charge in [0.2, 0.25) is 0 Å². The third-order valence-corrected chi connectivity index (χ3v) is 4.31. The van der Waals surface area contributed by atoms with Crippen LogP contribution in [0.2, 0.25) is 0 Å². The summed E-state index contributed by atoms with van der Waals surface area (Å²) < 4.78 is 41.0. The molecule has 1 amide bonds. The first-order valence-corrected chi connectivity index (χ1v) is 7.91. The summed E-state index contributed by atoms with van der Waals surface area (Å²) in [6.45, 7) is 5.05. The van der Waals surface area contributed by atoms with E-state index < -0.39 is 29.6 Å². The summed E-state index contributed by atoms with van der Waals surface area (Å²) in [5, 5.41) is 14.1. The van der Waals surface area contributed by atoms with Crippen molar-refractivity contribution in [3.8, 4) is 0 Å². The van der Waals surface area contributed by atoms with Gasteiger partial charge in [-0.25, -0.2) is 0 Å². The second kappa shape index (κ2) is 5.73. The molecule has 0 aromatic heterocycles. The molecule has 1 aromatic rings. The maximum atomic E-state index is 13.4. The molecule has 1 atom stereocenters. The lowest BCUT2D eigenvalue weighted by Crippen LogP contribution is -2.56. The van der Waals surface area contributed by atoms with E-state index in [1.807, 2.05) is 22.6 Å². The minimum Gasteiger partial charge on any atom is -0.362 e. The van der Waals surface area contributed by atoms with Crippen molar-refractivity contribution in [1.29, 1.82) is 0 Å². The van der Waals surface area contributed by atoms with Gasteiger partial charge in [0.25, 0.3) is 11.6 Å². The Hall–Kier alpha value is -1.16. The predicted octanol–water partition coefficient (Wildman–Crippen LogP) is 3.79. The van der Waals surface area contributed by atoms with E-state index in [1.54, 1.807) is 32.9 Å². The lowest BCUT2D eigenvalue weighted by atomic mass is 9.86. The molecular formula is C15H16F3IN2O2. The van der Waals surface area contributed by atoms with Crippen LogP contribution in [0.3, 0.4) is 0 Å². The van der Waals surface area contributed by atoms with Crippen molar-refractivity contribution in [2.75, 3.05) is 0 Å².